The van der Waals surface area contributed by atoms with E-state index in [9.17, 15) is 4.79 Å². The molecule has 2 saturated heterocycles. The van der Waals surface area contributed by atoms with E-state index < -0.39 is 0 Å². The van der Waals surface area contributed by atoms with Crippen LogP contribution in [0, 0.1) is 0 Å². The van der Waals surface area contributed by atoms with Gasteiger partial charge in [-0.2, -0.15) is 0 Å². The molecule has 2 aliphatic heterocycles. The third-order valence-corrected chi connectivity index (χ3v) is 5.22. The number of hydrogen-bond acceptors (Lipinski definition) is 2. The van der Waals surface area contributed by atoms with Gasteiger partial charge in [0, 0.05) is 19.0 Å². The molecule has 1 N–H and O–H groups in total. The molecular weight excluding hydrogens is 307 g/mol. The number of benzene rings is 1. The smallest absolute Gasteiger partial charge is 0.224 e. The summed E-state index contributed by atoms with van der Waals surface area (Å²) >= 11 is 12.1. The maximum absolute atomic E-state index is 12.6. The van der Waals surface area contributed by atoms with Gasteiger partial charge in [-0.25, -0.2) is 0 Å². The lowest BCUT2D eigenvalue weighted by Crippen LogP contribution is -2.35. The summed E-state index contributed by atoms with van der Waals surface area (Å²) in [7, 11) is 0. The van der Waals surface area contributed by atoms with Crippen LogP contribution in [-0.2, 0) is 4.79 Å². The Kier molecular flexibility index (Phi) is 4.72. The first-order valence-corrected chi connectivity index (χ1v) is 8.38. The van der Waals surface area contributed by atoms with Crippen LogP contribution in [0.3, 0.4) is 0 Å². The summed E-state index contributed by atoms with van der Waals surface area (Å²) in [5, 5.41) is 4.52. The van der Waals surface area contributed by atoms with E-state index in [4.69, 9.17) is 23.2 Å². The number of hydrogen-bond donors (Lipinski definition) is 1. The number of nitrogens with zero attached hydrogens (tertiary/aromatic N) is 1. The van der Waals surface area contributed by atoms with Gasteiger partial charge in [0.1, 0.15) is 0 Å². The molecule has 21 heavy (non-hydrogen) atoms. The first kappa shape index (κ1) is 15.1. The maximum atomic E-state index is 12.6. The molecule has 2 atom stereocenters. The molecule has 2 fully saturated rings. The monoisotopic (exact) mass is 326 g/mol. The Hall–Kier alpha value is -0.770. The van der Waals surface area contributed by atoms with Crippen molar-refractivity contribution in [2.45, 2.75) is 44.2 Å². The van der Waals surface area contributed by atoms with Crippen LogP contribution in [0.25, 0.3) is 0 Å². The number of carbonyl (C=O) groups is 1. The number of rotatable bonds is 3. The summed E-state index contributed by atoms with van der Waals surface area (Å²) < 4.78 is 0. The summed E-state index contributed by atoms with van der Waals surface area (Å²) in [5.74, 6) is 0.253. The van der Waals surface area contributed by atoms with E-state index >= 15 is 0 Å². The van der Waals surface area contributed by atoms with E-state index in [1.54, 1.807) is 0 Å². The first-order chi connectivity index (χ1) is 10.1. The second-order valence-corrected chi connectivity index (χ2v) is 6.73. The van der Waals surface area contributed by atoms with Gasteiger partial charge in [0.15, 0.2) is 0 Å². The second kappa shape index (κ2) is 6.55. The van der Waals surface area contributed by atoms with Crippen LogP contribution in [0.5, 0.6) is 0 Å². The molecule has 2 heterocycles. The predicted octanol–water partition coefficient (Wildman–Crippen LogP) is 3.80. The molecule has 0 saturated carbocycles. The Balaban J connectivity index is 1.72. The molecule has 2 unspecified atom stereocenters. The summed E-state index contributed by atoms with van der Waals surface area (Å²) in [6, 6.07) is 6.20. The third kappa shape index (κ3) is 3.36. The molecule has 1 aromatic rings. The van der Waals surface area contributed by atoms with Gasteiger partial charge >= 0.3 is 0 Å². The minimum Gasteiger partial charge on any atom is -0.336 e. The zero-order valence-corrected chi connectivity index (χ0v) is 13.5. The molecule has 0 radical (unpaired) electrons. The normalized spacial score (nSPS) is 25.5. The number of carbonyl (C=O) groups excluding carboxylic acids is 1. The molecule has 0 spiro atoms. The fourth-order valence-corrected chi connectivity index (χ4v) is 3.70. The zero-order chi connectivity index (χ0) is 14.8. The number of nitrogens with one attached hydrogen (secondary N) is 1. The molecule has 0 aliphatic carbocycles. The van der Waals surface area contributed by atoms with Crippen LogP contribution in [0.15, 0.2) is 18.2 Å². The average Bonchev–Trinajstić information content (AvgIpc) is 3.12. The summed E-state index contributed by atoms with van der Waals surface area (Å²) in [6.45, 7) is 1.88. The highest BCUT2D eigenvalue weighted by molar-refractivity contribution is 6.42. The summed E-state index contributed by atoms with van der Waals surface area (Å²) in [5.41, 5.74) is 1.09. The molecule has 2 aliphatic rings. The third-order valence-electron chi connectivity index (χ3n) is 4.48. The Morgan fingerprint density at radius 3 is 2.81 bits per heavy atom. The summed E-state index contributed by atoms with van der Waals surface area (Å²) in [6.07, 6.45) is 4.94. The molecular formula is C16H20Cl2N2O. The van der Waals surface area contributed by atoms with Crippen molar-refractivity contribution in [2.24, 2.45) is 0 Å². The van der Waals surface area contributed by atoms with Crippen molar-refractivity contribution >= 4 is 29.1 Å². The van der Waals surface area contributed by atoms with Gasteiger partial charge in [-0.15, -0.1) is 0 Å². The van der Waals surface area contributed by atoms with Crippen LogP contribution in [-0.4, -0.2) is 29.9 Å². The first-order valence-electron chi connectivity index (χ1n) is 7.63. The van der Waals surface area contributed by atoms with Gasteiger partial charge in [-0.3, -0.25) is 4.79 Å². The van der Waals surface area contributed by atoms with E-state index in [0.29, 0.717) is 22.5 Å². The van der Waals surface area contributed by atoms with Gasteiger partial charge in [0.05, 0.1) is 16.1 Å². The number of halogens is 2. The number of amides is 1. The predicted molar refractivity (Wildman–Crippen MR) is 85.8 cm³/mol. The van der Waals surface area contributed by atoms with E-state index in [0.717, 1.165) is 37.9 Å². The van der Waals surface area contributed by atoms with Crippen molar-refractivity contribution < 1.29 is 4.79 Å². The van der Waals surface area contributed by atoms with E-state index in [1.165, 1.54) is 6.42 Å². The molecule has 1 amide bonds. The molecule has 3 nitrogen and oxygen atoms in total. The lowest BCUT2D eigenvalue weighted by Gasteiger charge is -2.26. The van der Waals surface area contributed by atoms with E-state index in [2.05, 4.69) is 5.32 Å². The summed E-state index contributed by atoms with van der Waals surface area (Å²) in [4.78, 5) is 14.6. The largest absolute Gasteiger partial charge is 0.336 e. The topological polar surface area (TPSA) is 32.3 Å². The maximum Gasteiger partial charge on any atom is 0.224 e. The Morgan fingerprint density at radius 2 is 2.10 bits per heavy atom. The molecule has 114 valence electrons. The lowest BCUT2D eigenvalue weighted by atomic mass is 10.0. The number of likely N-dealkylation sites (tertiary alicyclic amines) is 1. The van der Waals surface area contributed by atoms with E-state index in [-0.39, 0.29) is 11.9 Å². The second-order valence-electron chi connectivity index (χ2n) is 5.92. The van der Waals surface area contributed by atoms with Gasteiger partial charge in [0.2, 0.25) is 5.91 Å². The molecule has 1 aromatic carbocycles. The van der Waals surface area contributed by atoms with Crippen molar-refractivity contribution in [3.63, 3.8) is 0 Å². The van der Waals surface area contributed by atoms with Crippen molar-refractivity contribution in [2.75, 3.05) is 13.1 Å². The SMILES string of the molecule is O=C(CC1CCCN1)N1CCCC1c1ccc(Cl)c(Cl)c1. The van der Waals surface area contributed by atoms with Crippen LogP contribution >= 0.6 is 23.2 Å². The van der Waals surface area contributed by atoms with Gasteiger partial charge in [0.25, 0.3) is 0 Å². The van der Waals surface area contributed by atoms with Crippen LogP contribution in [0.2, 0.25) is 10.0 Å². The average molecular weight is 327 g/mol. The van der Waals surface area contributed by atoms with Crippen LogP contribution in [0.1, 0.15) is 43.7 Å². The van der Waals surface area contributed by atoms with Crippen molar-refractivity contribution in [3.05, 3.63) is 33.8 Å². The molecule has 0 aromatic heterocycles. The minimum atomic E-state index is 0.147. The molecule has 0 bridgehead atoms. The molecule has 5 heteroatoms. The standard InChI is InChI=1S/C16H20Cl2N2O/c17-13-6-5-11(9-14(13)18)15-4-2-8-20(15)16(21)10-12-3-1-7-19-12/h5-6,9,12,15,19H,1-4,7-8,10H2. The van der Waals surface area contributed by atoms with Crippen LogP contribution < -0.4 is 5.32 Å². The van der Waals surface area contributed by atoms with Gasteiger partial charge in [-0.05, 0) is 49.9 Å². The Labute approximate surface area is 135 Å². The van der Waals surface area contributed by atoms with Crippen molar-refractivity contribution in [1.82, 2.24) is 10.2 Å². The minimum absolute atomic E-state index is 0.147. The highest BCUT2D eigenvalue weighted by Gasteiger charge is 2.31. The Bertz CT molecular complexity index is 529. The zero-order valence-electron chi connectivity index (χ0n) is 11.9. The highest BCUT2D eigenvalue weighted by atomic mass is 35.5. The fourth-order valence-electron chi connectivity index (χ4n) is 3.39. The van der Waals surface area contributed by atoms with Crippen molar-refractivity contribution in [3.8, 4) is 0 Å². The van der Waals surface area contributed by atoms with Crippen molar-refractivity contribution in [1.29, 1.82) is 0 Å². The Morgan fingerprint density at radius 1 is 1.24 bits per heavy atom. The quantitative estimate of drug-likeness (QED) is 0.916. The van der Waals surface area contributed by atoms with Gasteiger partial charge < -0.3 is 10.2 Å². The highest BCUT2D eigenvalue weighted by Crippen LogP contribution is 2.35. The van der Waals surface area contributed by atoms with Gasteiger partial charge in [-0.1, -0.05) is 29.3 Å². The lowest BCUT2D eigenvalue weighted by molar-refractivity contribution is -0.132. The van der Waals surface area contributed by atoms with E-state index in [1.807, 2.05) is 23.1 Å². The van der Waals surface area contributed by atoms with Crippen LogP contribution in [0.4, 0.5) is 0 Å². The molecule has 3 rings (SSSR count). The fraction of sp³-hybridized carbons (Fsp3) is 0.562.